The molecule has 0 aromatic carbocycles. The molecule has 0 bridgehead atoms. The van der Waals surface area contributed by atoms with Crippen molar-refractivity contribution in [2.24, 2.45) is 0 Å². The lowest BCUT2D eigenvalue weighted by atomic mass is 10.2. The van der Waals surface area contributed by atoms with Crippen LogP contribution in [0.1, 0.15) is 23.9 Å². The predicted octanol–water partition coefficient (Wildman–Crippen LogP) is 3.57. The zero-order valence-electron chi connectivity index (χ0n) is 12.8. The molecule has 0 aliphatic carbocycles. The normalized spacial score (nSPS) is 12.0. The molecule has 0 aliphatic rings. The van der Waals surface area contributed by atoms with Crippen molar-refractivity contribution in [2.45, 2.75) is 38.1 Å². The summed E-state index contributed by atoms with van der Waals surface area (Å²) in [5.74, 6) is -0.167. The average Bonchev–Trinajstić information content (AvgIpc) is 2.47. The van der Waals surface area contributed by atoms with E-state index in [0.717, 1.165) is 17.0 Å². The number of anilines is 1. The largest absolute Gasteiger partial charge is 0.322 e. The second-order valence-corrected chi connectivity index (χ2v) is 6.56. The number of amides is 1. The minimum Gasteiger partial charge on any atom is -0.322 e. The average molecular weight is 337 g/mol. The summed E-state index contributed by atoms with van der Waals surface area (Å²) in [6.07, 6.45) is 1.57. The number of thioether (sulfide) groups is 1. The fraction of sp³-hybridized carbons (Fsp3) is 0.333. The van der Waals surface area contributed by atoms with Gasteiger partial charge in [-0.3, -0.25) is 4.79 Å². The van der Waals surface area contributed by atoms with Crippen LogP contribution in [0.3, 0.4) is 0 Å². The number of pyridine rings is 1. The highest BCUT2D eigenvalue weighted by Gasteiger charge is 2.18. The van der Waals surface area contributed by atoms with Crippen LogP contribution in [-0.4, -0.2) is 26.1 Å². The number of aryl methyl sites for hydroxylation is 2. The van der Waals surface area contributed by atoms with Gasteiger partial charge in [-0.2, -0.15) is 0 Å². The predicted molar refractivity (Wildman–Crippen MR) is 89.4 cm³/mol. The third kappa shape index (κ3) is 3.96. The van der Waals surface area contributed by atoms with Gasteiger partial charge in [0, 0.05) is 17.6 Å². The van der Waals surface area contributed by atoms with Gasteiger partial charge in [-0.1, -0.05) is 23.4 Å². The van der Waals surface area contributed by atoms with Crippen molar-refractivity contribution < 1.29 is 4.79 Å². The Hall–Kier alpha value is -1.66. The second-order valence-electron chi connectivity index (χ2n) is 4.89. The van der Waals surface area contributed by atoms with Crippen LogP contribution in [0, 0.1) is 20.8 Å². The first kappa shape index (κ1) is 16.7. The van der Waals surface area contributed by atoms with E-state index in [1.807, 2.05) is 20.8 Å². The van der Waals surface area contributed by atoms with Gasteiger partial charge in [0.1, 0.15) is 0 Å². The third-order valence-electron chi connectivity index (χ3n) is 3.28. The van der Waals surface area contributed by atoms with Crippen molar-refractivity contribution in [3.8, 4) is 0 Å². The smallest absolute Gasteiger partial charge is 0.237 e. The fourth-order valence-electron chi connectivity index (χ4n) is 1.72. The molecule has 0 fully saturated rings. The quantitative estimate of drug-likeness (QED) is 0.525. The first-order chi connectivity index (χ1) is 10.4. The van der Waals surface area contributed by atoms with Crippen molar-refractivity contribution in [2.75, 3.05) is 5.32 Å². The van der Waals surface area contributed by atoms with Gasteiger partial charge >= 0.3 is 0 Å². The van der Waals surface area contributed by atoms with Crippen molar-refractivity contribution >= 4 is 35.0 Å². The highest BCUT2D eigenvalue weighted by atomic mass is 35.5. The highest BCUT2D eigenvalue weighted by Crippen LogP contribution is 2.24. The SMILES string of the molecule is Cc1nc(S[C@@H](C)C(=O)Nc2cccnc2Cl)nc(C)c1C. The van der Waals surface area contributed by atoms with Crippen molar-refractivity contribution in [3.63, 3.8) is 0 Å². The molecule has 1 atom stereocenters. The Morgan fingerprint density at radius 1 is 1.27 bits per heavy atom. The minimum absolute atomic E-state index is 0.167. The summed E-state index contributed by atoms with van der Waals surface area (Å²) < 4.78 is 0. The summed E-state index contributed by atoms with van der Waals surface area (Å²) >= 11 is 7.25. The molecule has 0 saturated carbocycles. The number of carbonyl (C=O) groups is 1. The van der Waals surface area contributed by atoms with Gasteiger partial charge in [0.15, 0.2) is 10.3 Å². The number of nitrogens with one attached hydrogen (secondary N) is 1. The molecule has 0 unspecified atom stereocenters. The molecule has 22 heavy (non-hydrogen) atoms. The fourth-order valence-corrected chi connectivity index (χ4v) is 2.75. The van der Waals surface area contributed by atoms with Crippen LogP contribution < -0.4 is 5.32 Å². The lowest BCUT2D eigenvalue weighted by molar-refractivity contribution is -0.115. The third-order valence-corrected chi connectivity index (χ3v) is 4.54. The van der Waals surface area contributed by atoms with Crippen molar-refractivity contribution in [1.29, 1.82) is 0 Å². The Balaban J connectivity index is 2.07. The molecular weight excluding hydrogens is 320 g/mol. The molecule has 7 heteroatoms. The summed E-state index contributed by atoms with van der Waals surface area (Å²) in [6.45, 7) is 7.67. The van der Waals surface area contributed by atoms with Gasteiger partial charge in [-0.15, -0.1) is 0 Å². The first-order valence-electron chi connectivity index (χ1n) is 6.78. The van der Waals surface area contributed by atoms with Crippen LogP contribution in [0.15, 0.2) is 23.5 Å². The van der Waals surface area contributed by atoms with Crippen LogP contribution in [-0.2, 0) is 4.79 Å². The highest BCUT2D eigenvalue weighted by molar-refractivity contribution is 8.00. The topological polar surface area (TPSA) is 67.8 Å². The molecular formula is C15H17ClN4OS. The molecule has 1 amide bonds. The Labute approximate surface area is 138 Å². The van der Waals surface area contributed by atoms with Gasteiger partial charge in [-0.25, -0.2) is 15.0 Å². The van der Waals surface area contributed by atoms with Crippen LogP contribution in [0.5, 0.6) is 0 Å². The number of halogens is 1. The molecule has 1 N–H and O–H groups in total. The zero-order valence-corrected chi connectivity index (χ0v) is 14.4. The van der Waals surface area contributed by atoms with E-state index < -0.39 is 0 Å². The molecule has 2 heterocycles. The van der Waals surface area contributed by atoms with Crippen LogP contribution in [0.2, 0.25) is 5.15 Å². The minimum atomic E-state index is -0.349. The Bertz CT molecular complexity index is 685. The maximum atomic E-state index is 12.2. The van der Waals surface area contributed by atoms with Gasteiger partial charge in [0.2, 0.25) is 5.91 Å². The van der Waals surface area contributed by atoms with Crippen LogP contribution >= 0.6 is 23.4 Å². The van der Waals surface area contributed by atoms with E-state index in [-0.39, 0.29) is 16.3 Å². The van der Waals surface area contributed by atoms with E-state index in [1.165, 1.54) is 11.8 Å². The maximum Gasteiger partial charge on any atom is 0.237 e. The standard InChI is InChI=1S/C15H17ClN4OS/c1-8-9(2)18-15(19-10(8)3)22-11(4)14(21)20-12-6-5-7-17-13(12)16/h5-7,11H,1-4H3,(H,20,21)/t11-/m0/s1. The monoisotopic (exact) mass is 336 g/mol. The summed E-state index contributed by atoms with van der Waals surface area (Å²) in [6, 6.07) is 3.43. The van der Waals surface area contributed by atoms with E-state index in [2.05, 4.69) is 20.3 Å². The lowest BCUT2D eigenvalue weighted by Gasteiger charge is -2.13. The molecule has 0 spiro atoms. The van der Waals surface area contributed by atoms with E-state index in [9.17, 15) is 4.79 Å². The van der Waals surface area contributed by atoms with Crippen LogP contribution in [0.4, 0.5) is 5.69 Å². The summed E-state index contributed by atoms with van der Waals surface area (Å²) in [4.78, 5) is 25.0. The zero-order chi connectivity index (χ0) is 16.3. The molecule has 2 aromatic rings. The van der Waals surface area contributed by atoms with E-state index in [4.69, 9.17) is 11.6 Å². The number of nitrogens with zero attached hydrogens (tertiary/aromatic N) is 3. The molecule has 116 valence electrons. The Morgan fingerprint density at radius 2 is 1.91 bits per heavy atom. The van der Waals surface area contributed by atoms with Gasteiger partial charge < -0.3 is 5.32 Å². The summed E-state index contributed by atoms with van der Waals surface area (Å²) in [7, 11) is 0. The van der Waals surface area contributed by atoms with E-state index in [1.54, 1.807) is 25.3 Å². The lowest BCUT2D eigenvalue weighted by Crippen LogP contribution is -2.23. The molecule has 0 radical (unpaired) electrons. The van der Waals surface area contributed by atoms with Gasteiger partial charge in [0.25, 0.3) is 0 Å². The summed E-state index contributed by atoms with van der Waals surface area (Å²) in [5.41, 5.74) is 3.43. The molecule has 2 aromatic heterocycles. The number of carbonyl (C=O) groups excluding carboxylic acids is 1. The van der Waals surface area contributed by atoms with Crippen molar-refractivity contribution in [3.05, 3.63) is 40.4 Å². The van der Waals surface area contributed by atoms with Crippen molar-refractivity contribution in [1.82, 2.24) is 15.0 Å². The first-order valence-corrected chi connectivity index (χ1v) is 8.04. The molecule has 5 nitrogen and oxygen atoms in total. The number of aromatic nitrogens is 3. The Morgan fingerprint density at radius 3 is 2.50 bits per heavy atom. The number of rotatable bonds is 4. The van der Waals surface area contributed by atoms with E-state index in [0.29, 0.717) is 10.8 Å². The Kier molecular flexibility index (Phi) is 5.37. The van der Waals surface area contributed by atoms with Gasteiger partial charge in [0.05, 0.1) is 10.9 Å². The number of hydrogen-bond donors (Lipinski definition) is 1. The molecule has 2 rings (SSSR count). The van der Waals surface area contributed by atoms with Gasteiger partial charge in [-0.05, 0) is 45.4 Å². The second kappa shape index (κ2) is 7.07. The van der Waals surface area contributed by atoms with E-state index >= 15 is 0 Å². The van der Waals surface area contributed by atoms with Crippen LogP contribution in [0.25, 0.3) is 0 Å². The maximum absolute atomic E-state index is 12.2. The number of hydrogen-bond acceptors (Lipinski definition) is 5. The molecule has 0 aliphatic heterocycles. The molecule has 0 saturated heterocycles. The summed E-state index contributed by atoms with van der Waals surface area (Å²) in [5, 5.41) is 3.28.